The topological polar surface area (TPSA) is 50.9 Å². The molecule has 0 unspecified atom stereocenters. The van der Waals surface area contributed by atoms with E-state index in [-0.39, 0.29) is 5.54 Å². The first kappa shape index (κ1) is 11.5. The molecule has 88 valence electrons. The van der Waals surface area contributed by atoms with E-state index in [0.29, 0.717) is 5.69 Å². The molecule has 0 saturated heterocycles. The minimum atomic E-state index is -0.205. The molecule has 1 aromatic carbocycles. The van der Waals surface area contributed by atoms with Gasteiger partial charge in [-0.3, -0.25) is 0 Å². The lowest BCUT2D eigenvalue weighted by molar-refractivity contribution is 0.606. The lowest BCUT2D eigenvalue weighted by Gasteiger charge is -2.28. The van der Waals surface area contributed by atoms with Crippen molar-refractivity contribution in [1.29, 1.82) is 0 Å². The smallest absolute Gasteiger partial charge is 0.149 e. The maximum atomic E-state index is 5.88. The summed E-state index contributed by atoms with van der Waals surface area (Å²) in [7, 11) is 0. The average Bonchev–Trinajstić information content (AvgIpc) is 2.33. The van der Waals surface area contributed by atoms with Gasteiger partial charge in [0, 0.05) is 6.20 Å². The van der Waals surface area contributed by atoms with Gasteiger partial charge in [-0.05, 0) is 31.5 Å². The Labute approximate surface area is 102 Å². The van der Waals surface area contributed by atoms with Crippen molar-refractivity contribution in [3.63, 3.8) is 0 Å². The highest BCUT2D eigenvalue weighted by molar-refractivity contribution is 5.61. The van der Waals surface area contributed by atoms with Gasteiger partial charge in [-0.25, -0.2) is 4.98 Å². The second kappa shape index (κ2) is 4.45. The van der Waals surface area contributed by atoms with E-state index >= 15 is 0 Å². The van der Waals surface area contributed by atoms with Gasteiger partial charge in [0.05, 0.1) is 11.2 Å². The minimum Gasteiger partial charge on any atom is -0.396 e. The highest BCUT2D eigenvalue weighted by Gasteiger charge is 2.20. The van der Waals surface area contributed by atoms with Crippen LogP contribution in [0.4, 0.5) is 11.5 Å². The SMILES string of the molecule is CC(C)(Nc1ncccc1N)c1ccccc1. The van der Waals surface area contributed by atoms with Crippen LogP contribution in [0.2, 0.25) is 0 Å². The minimum absolute atomic E-state index is 0.205. The maximum absolute atomic E-state index is 5.88. The molecule has 1 heterocycles. The maximum Gasteiger partial charge on any atom is 0.149 e. The first-order valence-electron chi connectivity index (χ1n) is 5.64. The molecule has 0 radical (unpaired) electrons. The summed E-state index contributed by atoms with van der Waals surface area (Å²) in [6, 6.07) is 13.9. The standard InChI is InChI=1S/C14H17N3/c1-14(2,11-7-4-3-5-8-11)17-13-12(15)9-6-10-16-13/h3-10H,15H2,1-2H3,(H,16,17). The van der Waals surface area contributed by atoms with Crippen LogP contribution in [-0.4, -0.2) is 4.98 Å². The molecule has 0 atom stereocenters. The van der Waals surface area contributed by atoms with Crippen molar-refractivity contribution in [3.8, 4) is 0 Å². The molecule has 17 heavy (non-hydrogen) atoms. The molecule has 0 bridgehead atoms. The van der Waals surface area contributed by atoms with E-state index in [9.17, 15) is 0 Å². The highest BCUT2D eigenvalue weighted by Crippen LogP contribution is 2.26. The summed E-state index contributed by atoms with van der Waals surface area (Å²) < 4.78 is 0. The molecule has 0 saturated carbocycles. The molecule has 0 aliphatic rings. The van der Waals surface area contributed by atoms with Crippen molar-refractivity contribution in [2.45, 2.75) is 19.4 Å². The summed E-state index contributed by atoms with van der Waals surface area (Å²) in [5, 5.41) is 3.37. The van der Waals surface area contributed by atoms with Crippen LogP contribution in [0.3, 0.4) is 0 Å². The van der Waals surface area contributed by atoms with E-state index < -0.39 is 0 Å². The predicted octanol–water partition coefficient (Wildman–Crippen LogP) is 3.01. The highest BCUT2D eigenvalue weighted by atomic mass is 15.1. The molecule has 1 aromatic heterocycles. The Balaban J connectivity index is 2.27. The van der Waals surface area contributed by atoms with Gasteiger partial charge < -0.3 is 11.1 Å². The van der Waals surface area contributed by atoms with E-state index in [1.54, 1.807) is 6.20 Å². The zero-order valence-corrected chi connectivity index (χ0v) is 10.1. The Morgan fingerprint density at radius 1 is 1.06 bits per heavy atom. The summed E-state index contributed by atoms with van der Waals surface area (Å²) >= 11 is 0. The molecule has 0 spiro atoms. The van der Waals surface area contributed by atoms with Crippen molar-refractivity contribution in [2.24, 2.45) is 0 Å². The number of rotatable bonds is 3. The van der Waals surface area contributed by atoms with E-state index in [2.05, 4.69) is 36.3 Å². The third-order valence-corrected chi connectivity index (χ3v) is 2.77. The van der Waals surface area contributed by atoms with Gasteiger partial charge in [-0.2, -0.15) is 0 Å². The van der Waals surface area contributed by atoms with Crippen molar-refractivity contribution >= 4 is 11.5 Å². The average molecular weight is 227 g/mol. The van der Waals surface area contributed by atoms with Gasteiger partial charge in [0.2, 0.25) is 0 Å². The number of hydrogen-bond acceptors (Lipinski definition) is 3. The van der Waals surface area contributed by atoms with Crippen LogP contribution >= 0.6 is 0 Å². The van der Waals surface area contributed by atoms with Gasteiger partial charge in [0.25, 0.3) is 0 Å². The van der Waals surface area contributed by atoms with Crippen LogP contribution in [-0.2, 0) is 5.54 Å². The number of aromatic nitrogens is 1. The van der Waals surface area contributed by atoms with E-state index in [1.165, 1.54) is 5.56 Å². The van der Waals surface area contributed by atoms with Gasteiger partial charge in [-0.15, -0.1) is 0 Å². The Bertz CT molecular complexity index is 492. The largest absolute Gasteiger partial charge is 0.396 e. The van der Waals surface area contributed by atoms with Crippen molar-refractivity contribution in [1.82, 2.24) is 4.98 Å². The van der Waals surface area contributed by atoms with Gasteiger partial charge in [0.15, 0.2) is 0 Å². The summed E-state index contributed by atoms with van der Waals surface area (Å²) in [6.45, 7) is 4.22. The summed E-state index contributed by atoms with van der Waals surface area (Å²) in [5.41, 5.74) is 7.54. The summed E-state index contributed by atoms with van der Waals surface area (Å²) in [6.07, 6.45) is 1.74. The number of nitrogens with two attached hydrogens (primary N) is 1. The fourth-order valence-corrected chi connectivity index (χ4v) is 1.75. The van der Waals surface area contributed by atoms with E-state index in [0.717, 1.165) is 5.82 Å². The molecular formula is C14H17N3. The number of pyridine rings is 1. The van der Waals surface area contributed by atoms with Crippen LogP contribution in [0.5, 0.6) is 0 Å². The third-order valence-electron chi connectivity index (χ3n) is 2.77. The number of anilines is 2. The lowest BCUT2D eigenvalue weighted by atomic mass is 9.94. The molecule has 3 heteroatoms. The molecule has 0 aliphatic heterocycles. The zero-order valence-electron chi connectivity index (χ0n) is 10.1. The summed E-state index contributed by atoms with van der Waals surface area (Å²) in [4.78, 5) is 4.25. The second-order valence-electron chi connectivity index (χ2n) is 4.56. The fraction of sp³-hybridized carbons (Fsp3) is 0.214. The molecule has 2 rings (SSSR count). The van der Waals surface area contributed by atoms with Crippen molar-refractivity contribution in [3.05, 3.63) is 54.2 Å². The molecule has 0 fully saturated rings. The Kier molecular flexibility index (Phi) is 3.00. The van der Waals surface area contributed by atoms with Crippen molar-refractivity contribution in [2.75, 3.05) is 11.1 Å². The molecule has 3 nitrogen and oxygen atoms in total. The third kappa shape index (κ3) is 2.56. The number of nitrogens with one attached hydrogen (secondary N) is 1. The van der Waals surface area contributed by atoms with Gasteiger partial charge in [0.1, 0.15) is 5.82 Å². The zero-order chi connectivity index (χ0) is 12.3. The monoisotopic (exact) mass is 227 g/mol. The number of hydrogen-bond donors (Lipinski definition) is 2. The first-order chi connectivity index (χ1) is 8.09. The van der Waals surface area contributed by atoms with Crippen LogP contribution in [0.15, 0.2) is 48.7 Å². The van der Waals surface area contributed by atoms with Gasteiger partial charge >= 0.3 is 0 Å². The van der Waals surface area contributed by atoms with Crippen molar-refractivity contribution < 1.29 is 0 Å². The Hall–Kier alpha value is -2.03. The molecule has 3 N–H and O–H groups in total. The lowest BCUT2D eigenvalue weighted by Crippen LogP contribution is -2.28. The number of nitrogens with zero attached hydrogens (tertiary/aromatic N) is 1. The predicted molar refractivity (Wildman–Crippen MR) is 71.7 cm³/mol. The Morgan fingerprint density at radius 2 is 1.76 bits per heavy atom. The molecular weight excluding hydrogens is 210 g/mol. The van der Waals surface area contributed by atoms with Crippen LogP contribution in [0, 0.1) is 0 Å². The van der Waals surface area contributed by atoms with Crippen LogP contribution < -0.4 is 11.1 Å². The fourth-order valence-electron chi connectivity index (χ4n) is 1.75. The normalized spacial score (nSPS) is 11.2. The molecule has 0 amide bonds. The molecule has 2 aromatic rings. The molecule has 0 aliphatic carbocycles. The first-order valence-corrected chi connectivity index (χ1v) is 5.64. The van der Waals surface area contributed by atoms with Gasteiger partial charge in [-0.1, -0.05) is 30.3 Å². The summed E-state index contributed by atoms with van der Waals surface area (Å²) in [5.74, 6) is 0.723. The Morgan fingerprint density at radius 3 is 2.41 bits per heavy atom. The van der Waals surface area contributed by atoms with Crippen LogP contribution in [0.1, 0.15) is 19.4 Å². The number of benzene rings is 1. The van der Waals surface area contributed by atoms with E-state index in [4.69, 9.17) is 5.73 Å². The number of nitrogen functional groups attached to an aromatic ring is 1. The van der Waals surface area contributed by atoms with Crippen LogP contribution in [0.25, 0.3) is 0 Å². The van der Waals surface area contributed by atoms with E-state index in [1.807, 2.05) is 30.3 Å². The second-order valence-corrected chi connectivity index (χ2v) is 4.56. The quantitative estimate of drug-likeness (QED) is 0.847.